The van der Waals surface area contributed by atoms with E-state index in [0.717, 1.165) is 16.6 Å². The Morgan fingerprint density at radius 2 is 2.10 bits per heavy atom. The van der Waals surface area contributed by atoms with Crippen LogP contribution in [0, 0.1) is 0 Å². The third-order valence-corrected chi connectivity index (χ3v) is 2.87. The minimum absolute atomic E-state index is 0.0699. The molecular weight excluding hydrogens is 258 g/mol. The summed E-state index contributed by atoms with van der Waals surface area (Å²) in [7, 11) is 0. The maximum Gasteiger partial charge on any atom is 0.371 e. The smallest absolute Gasteiger partial charge is 0.371 e. The van der Waals surface area contributed by atoms with Crippen molar-refractivity contribution < 1.29 is 14.3 Å². The van der Waals surface area contributed by atoms with Crippen LogP contribution in [-0.2, 0) is 6.54 Å². The third kappa shape index (κ3) is 2.31. The molecule has 0 aliphatic carbocycles. The van der Waals surface area contributed by atoms with Gasteiger partial charge >= 0.3 is 5.97 Å². The number of nitrogens with zero attached hydrogens (tertiary/aromatic N) is 2. The lowest BCUT2D eigenvalue weighted by molar-refractivity contribution is 0.0660. The van der Waals surface area contributed by atoms with Gasteiger partial charge in [-0.25, -0.2) is 4.79 Å². The van der Waals surface area contributed by atoms with Crippen LogP contribution in [0.3, 0.4) is 0 Å². The maximum atomic E-state index is 10.7. The fourth-order valence-electron chi connectivity index (χ4n) is 1.92. The van der Waals surface area contributed by atoms with Crippen LogP contribution in [0.25, 0.3) is 10.9 Å². The Balaban J connectivity index is 1.81. The van der Waals surface area contributed by atoms with Gasteiger partial charge in [-0.1, -0.05) is 18.2 Å². The van der Waals surface area contributed by atoms with E-state index < -0.39 is 5.97 Å². The second-order valence-electron chi connectivity index (χ2n) is 4.20. The van der Waals surface area contributed by atoms with Crippen LogP contribution < -0.4 is 5.32 Å². The van der Waals surface area contributed by atoms with Gasteiger partial charge in [-0.2, -0.15) is 10.2 Å². The monoisotopic (exact) mass is 269 g/mol. The fraction of sp³-hybridized carbons (Fsp3) is 0.0714. The van der Waals surface area contributed by atoms with Crippen molar-refractivity contribution in [1.82, 2.24) is 10.2 Å². The summed E-state index contributed by atoms with van der Waals surface area (Å²) in [6, 6.07) is 10.7. The van der Waals surface area contributed by atoms with E-state index in [-0.39, 0.29) is 5.76 Å². The lowest BCUT2D eigenvalue weighted by atomic mass is 10.2. The number of benzene rings is 1. The average molecular weight is 269 g/mol. The molecule has 100 valence electrons. The van der Waals surface area contributed by atoms with Crippen molar-refractivity contribution in [3.05, 3.63) is 54.1 Å². The van der Waals surface area contributed by atoms with Crippen LogP contribution in [-0.4, -0.2) is 21.3 Å². The van der Waals surface area contributed by atoms with E-state index in [2.05, 4.69) is 15.5 Å². The first-order chi connectivity index (χ1) is 9.74. The van der Waals surface area contributed by atoms with Crippen molar-refractivity contribution in [2.24, 2.45) is 0 Å². The Kier molecular flexibility index (Phi) is 3.04. The van der Waals surface area contributed by atoms with Gasteiger partial charge in [0.15, 0.2) is 0 Å². The molecule has 0 atom stereocenters. The number of anilines is 1. The Bertz CT molecular complexity index is 762. The molecule has 0 bridgehead atoms. The summed E-state index contributed by atoms with van der Waals surface area (Å²) < 4.78 is 5.18. The number of carboxylic acids is 1. The number of carbonyl (C=O) groups is 1. The van der Waals surface area contributed by atoms with E-state index in [1.807, 2.05) is 24.3 Å². The summed E-state index contributed by atoms with van der Waals surface area (Å²) in [4.78, 5) is 10.7. The molecule has 2 heterocycles. The Morgan fingerprint density at radius 1 is 1.25 bits per heavy atom. The van der Waals surface area contributed by atoms with E-state index >= 15 is 0 Å². The number of aromatic carboxylic acids is 1. The van der Waals surface area contributed by atoms with Gasteiger partial charge in [0.05, 0.1) is 23.9 Å². The minimum atomic E-state index is -1.08. The highest BCUT2D eigenvalue weighted by atomic mass is 16.4. The molecule has 0 aliphatic rings. The van der Waals surface area contributed by atoms with Gasteiger partial charge in [0, 0.05) is 5.39 Å². The van der Waals surface area contributed by atoms with Crippen LogP contribution in [0.2, 0.25) is 0 Å². The van der Waals surface area contributed by atoms with E-state index in [1.54, 1.807) is 12.3 Å². The van der Waals surface area contributed by atoms with Gasteiger partial charge < -0.3 is 14.8 Å². The largest absolute Gasteiger partial charge is 0.475 e. The first-order valence-electron chi connectivity index (χ1n) is 6.00. The van der Waals surface area contributed by atoms with Crippen LogP contribution in [0.1, 0.15) is 16.3 Å². The second kappa shape index (κ2) is 5.00. The van der Waals surface area contributed by atoms with Crippen molar-refractivity contribution >= 4 is 22.6 Å². The SMILES string of the molecule is O=C(O)c1ccc(CNc2cnnc3ccccc23)o1. The molecular formula is C14H11N3O3. The van der Waals surface area contributed by atoms with Crippen LogP contribution in [0.5, 0.6) is 0 Å². The topological polar surface area (TPSA) is 88.2 Å². The molecule has 0 saturated heterocycles. The van der Waals surface area contributed by atoms with Crippen LogP contribution in [0.4, 0.5) is 5.69 Å². The predicted molar refractivity (Wildman–Crippen MR) is 72.5 cm³/mol. The molecule has 6 nitrogen and oxygen atoms in total. The zero-order valence-corrected chi connectivity index (χ0v) is 10.4. The molecule has 0 unspecified atom stereocenters. The molecule has 3 rings (SSSR count). The summed E-state index contributed by atoms with van der Waals surface area (Å²) in [5, 5.41) is 20.9. The van der Waals surface area contributed by atoms with Crippen LogP contribution >= 0.6 is 0 Å². The van der Waals surface area contributed by atoms with Gasteiger partial charge in [-0.3, -0.25) is 0 Å². The predicted octanol–water partition coefficient (Wildman–Crippen LogP) is 2.53. The third-order valence-electron chi connectivity index (χ3n) is 2.87. The number of fused-ring (bicyclic) bond motifs is 1. The van der Waals surface area contributed by atoms with Crippen molar-refractivity contribution in [1.29, 1.82) is 0 Å². The molecule has 6 heteroatoms. The number of carboxylic acid groups (broad SMARTS) is 1. The Hall–Kier alpha value is -2.89. The lowest BCUT2D eigenvalue weighted by Gasteiger charge is -2.06. The van der Waals surface area contributed by atoms with E-state index in [0.29, 0.717) is 12.3 Å². The van der Waals surface area contributed by atoms with Gasteiger partial charge in [0.1, 0.15) is 5.76 Å². The highest BCUT2D eigenvalue weighted by Crippen LogP contribution is 2.20. The molecule has 3 aromatic rings. The number of rotatable bonds is 4. The minimum Gasteiger partial charge on any atom is -0.475 e. The summed E-state index contributed by atoms with van der Waals surface area (Å²) >= 11 is 0. The van der Waals surface area contributed by atoms with Crippen molar-refractivity contribution in [3.63, 3.8) is 0 Å². The van der Waals surface area contributed by atoms with E-state index in [1.165, 1.54) is 6.07 Å². The Labute approximate surface area is 114 Å². The molecule has 2 aromatic heterocycles. The number of hydrogen-bond donors (Lipinski definition) is 2. The van der Waals surface area contributed by atoms with Crippen molar-refractivity contribution in [3.8, 4) is 0 Å². The maximum absolute atomic E-state index is 10.7. The average Bonchev–Trinajstić information content (AvgIpc) is 2.94. The zero-order valence-electron chi connectivity index (χ0n) is 10.4. The number of nitrogens with one attached hydrogen (secondary N) is 1. The summed E-state index contributed by atoms with van der Waals surface area (Å²) in [5.41, 5.74) is 1.62. The molecule has 0 spiro atoms. The van der Waals surface area contributed by atoms with Crippen molar-refractivity contribution in [2.75, 3.05) is 5.32 Å². The summed E-state index contributed by atoms with van der Waals surface area (Å²) in [6.07, 6.45) is 1.63. The molecule has 0 radical (unpaired) electrons. The number of furan rings is 1. The van der Waals surface area contributed by atoms with Gasteiger partial charge in [-0.15, -0.1) is 0 Å². The summed E-state index contributed by atoms with van der Waals surface area (Å²) in [5.74, 6) is -0.602. The normalized spacial score (nSPS) is 10.6. The standard InChI is InChI=1S/C14H11N3O3/c18-14(19)13-6-5-9(20-13)7-15-12-8-16-17-11-4-2-1-3-10(11)12/h1-6,8H,7H2,(H,15,17)(H,18,19). The zero-order chi connectivity index (χ0) is 13.9. The van der Waals surface area contributed by atoms with Gasteiger partial charge in [-0.05, 0) is 18.2 Å². The molecule has 1 aromatic carbocycles. The fourth-order valence-corrected chi connectivity index (χ4v) is 1.92. The Morgan fingerprint density at radius 3 is 2.90 bits per heavy atom. The first kappa shape index (κ1) is 12.2. The van der Waals surface area contributed by atoms with Gasteiger partial charge in [0.25, 0.3) is 0 Å². The van der Waals surface area contributed by atoms with E-state index in [4.69, 9.17) is 9.52 Å². The molecule has 0 fully saturated rings. The molecule has 0 saturated carbocycles. The molecule has 2 N–H and O–H groups in total. The molecule has 0 amide bonds. The van der Waals surface area contributed by atoms with Crippen molar-refractivity contribution in [2.45, 2.75) is 6.54 Å². The quantitative estimate of drug-likeness (QED) is 0.756. The highest BCUT2D eigenvalue weighted by Gasteiger charge is 2.09. The molecule has 20 heavy (non-hydrogen) atoms. The first-order valence-corrected chi connectivity index (χ1v) is 6.00. The second-order valence-corrected chi connectivity index (χ2v) is 4.20. The highest BCUT2D eigenvalue weighted by molar-refractivity contribution is 5.90. The summed E-state index contributed by atoms with van der Waals surface area (Å²) in [6.45, 7) is 0.378. The lowest BCUT2D eigenvalue weighted by Crippen LogP contribution is -2.00. The van der Waals surface area contributed by atoms with Crippen LogP contribution in [0.15, 0.2) is 47.0 Å². The number of hydrogen-bond acceptors (Lipinski definition) is 5. The van der Waals surface area contributed by atoms with E-state index in [9.17, 15) is 4.79 Å². The van der Waals surface area contributed by atoms with Gasteiger partial charge in [0.2, 0.25) is 5.76 Å². The number of aromatic nitrogens is 2. The molecule has 0 aliphatic heterocycles.